The van der Waals surface area contributed by atoms with Crippen LogP contribution in [0.5, 0.6) is 11.5 Å². The maximum Gasteiger partial charge on any atom is 0.311 e. The van der Waals surface area contributed by atoms with Crippen molar-refractivity contribution in [2.45, 2.75) is 12.5 Å². The number of aromatic hydroxyl groups is 1. The van der Waals surface area contributed by atoms with Gasteiger partial charge in [0.15, 0.2) is 5.75 Å². The molecule has 0 amide bonds. The quantitative estimate of drug-likeness (QED) is 0.489. The van der Waals surface area contributed by atoms with Gasteiger partial charge in [-0.05, 0) is 34.9 Å². The van der Waals surface area contributed by atoms with E-state index in [4.69, 9.17) is 10.5 Å². The predicted octanol–water partition coefficient (Wildman–Crippen LogP) is 3.92. The van der Waals surface area contributed by atoms with Crippen LogP contribution in [0.25, 0.3) is 11.1 Å². The number of rotatable bonds is 7. The summed E-state index contributed by atoms with van der Waals surface area (Å²) in [5.41, 5.74) is 8.10. The Bertz CT molecular complexity index is 911. The van der Waals surface area contributed by atoms with Gasteiger partial charge in [0, 0.05) is 19.0 Å². The molecule has 3 N–H and O–H groups in total. The van der Waals surface area contributed by atoms with Crippen LogP contribution in [0.4, 0.5) is 5.69 Å². The third-order valence-electron chi connectivity index (χ3n) is 4.23. The first-order valence-corrected chi connectivity index (χ1v) is 8.55. The summed E-state index contributed by atoms with van der Waals surface area (Å²) < 4.78 is 5.97. The summed E-state index contributed by atoms with van der Waals surface area (Å²) in [5, 5.41) is 20.5. The average molecular weight is 364 g/mol. The number of ether oxygens (including phenoxy) is 1. The van der Waals surface area contributed by atoms with Gasteiger partial charge in [0.05, 0.1) is 4.92 Å². The summed E-state index contributed by atoms with van der Waals surface area (Å²) >= 11 is 0. The molecule has 1 atom stereocenters. The first-order chi connectivity index (χ1) is 13.1. The normalized spacial score (nSPS) is 11.7. The van der Waals surface area contributed by atoms with Gasteiger partial charge in [0.2, 0.25) is 0 Å². The second kappa shape index (κ2) is 8.33. The number of benzene rings is 3. The molecule has 0 heterocycles. The van der Waals surface area contributed by atoms with E-state index in [1.54, 1.807) is 6.07 Å². The van der Waals surface area contributed by atoms with Crippen molar-refractivity contribution in [1.29, 1.82) is 0 Å². The third kappa shape index (κ3) is 4.62. The molecule has 0 aliphatic rings. The summed E-state index contributed by atoms with van der Waals surface area (Å²) in [7, 11) is 0. The molecule has 6 heteroatoms. The van der Waals surface area contributed by atoms with Crippen molar-refractivity contribution in [1.82, 2.24) is 0 Å². The molecule has 3 aromatic carbocycles. The number of hydrogen-bond donors (Lipinski definition) is 2. The second-order valence-corrected chi connectivity index (χ2v) is 6.15. The highest BCUT2D eigenvalue weighted by atomic mass is 16.6. The predicted molar refractivity (Wildman–Crippen MR) is 104 cm³/mol. The van der Waals surface area contributed by atoms with E-state index in [1.165, 1.54) is 12.1 Å². The summed E-state index contributed by atoms with van der Waals surface area (Å²) in [5.74, 6) is 0.328. The third-order valence-corrected chi connectivity index (χ3v) is 4.23. The molecule has 27 heavy (non-hydrogen) atoms. The van der Waals surface area contributed by atoms with Gasteiger partial charge in [-0.1, -0.05) is 48.5 Å². The highest BCUT2D eigenvalue weighted by molar-refractivity contribution is 5.69. The summed E-state index contributed by atoms with van der Waals surface area (Å²) in [6, 6.07) is 21.6. The molecule has 0 saturated carbocycles. The minimum atomic E-state index is -0.605. The highest BCUT2D eigenvalue weighted by Crippen LogP contribution is 2.32. The van der Waals surface area contributed by atoms with Gasteiger partial charge in [-0.2, -0.15) is 0 Å². The zero-order valence-electron chi connectivity index (χ0n) is 14.6. The van der Waals surface area contributed by atoms with Gasteiger partial charge in [0.1, 0.15) is 11.9 Å². The van der Waals surface area contributed by atoms with E-state index in [2.05, 4.69) is 0 Å². The molecule has 0 spiro atoms. The van der Waals surface area contributed by atoms with E-state index in [0.717, 1.165) is 11.1 Å². The molecule has 0 saturated heterocycles. The van der Waals surface area contributed by atoms with Crippen LogP contribution in [-0.2, 0) is 6.42 Å². The first-order valence-electron chi connectivity index (χ1n) is 8.55. The lowest BCUT2D eigenvalue weighted by Gasteiger charge is -2.18. The number of nitro groups is 1. The minimum absolute atomic E-state index is 0.145. The molecule has 3 aromatic rings. The van der Waals surface area contributed by atoms with Crippen molar-refractivity contribution >= 4 is 5.69 Å². The lowest BCUT2D eigenvalue weighted by atomic mass is 10.0. The van der Waals surface area contributed by atoms with Crippen molar-refractivity contribution in [3.05, 3.63) is 88.5 Å². The molecular weight excluding hydrogens is 344 g/mol. The Labute approximate surface area is 157 Å². The van der Waals surface area contributed by atoms with Crippen LogP contribution in [0.2, 0.25) is 0 Å². The van der Waals surface area contributed by atoms with Crippen LogP contribution in [0, 0.1) is 10.1 Å². The highest BCUT2D eigenvalue weighted by Gasteiger charge is 2.15. The van der Waals surface area contributed by atoms with Crippen molar-refractivity contribution in [2.75, 3.05) is 6.54 Å². The number of nitro benzene ring substituents is 1. The van der Waals surface area contributed by atoms with Crippen molar-refractivity contribution in [3.8, 4) is 22.6 Å². The van der Waals surface area contributed by atoms with Crippen molar-refractivity contribution in [3.63, 3.8) is 0 Å². The SMILES string of the molecule is NCC(Cc1ccccc1)Oc1ccc(-c2ccc(O)c([N+](=O)[O-])c2)cc1. The maximum absolute atomic E-state index is 11.0. The van der Waals surface area contributed by atoms with Crippen LogP contribution in [0.1, 0.15) is 5.56 Å². The number of nitrogens with zero attached hydrogens (tertiary/aromatic N) is 1. The zero-order chi connectivity index (χ0) is 19.2. The lowest BCUT2D eigenvalue weighted by molar-refractivity contribution is -0.385. The molecular formula is C21H20N2O4. The molecule has 0 aliphatic carbocycles. The first kappa shape index (κ1) is 18.4. The smallest absolute Gasteiger partial charge is 0.311 e. The molecule has 0 bridgehead atoms. The molecule has 0 aliphatic heterocycles. The molecule has 0 aromatic heterocycles. The largest absolute Gasteiger partial charge is 0.502 e. The van der Waals surface area contributed by atoms with Gasteiger partial charge < -0.3 is 15.6 Å². The van der Waals surface area contributed by atoms with E-state index >= 15 is 0 Å². The van der Waals surface area contributed by atoms with E-state index in [9.17, 15) is 15.2 Å². The van der Waals surface area contributed by atoms with Gasteiger partial charge >= 0.3 is 5.69 Å². The van der Waals surface area contributed by atoms with Crippen LogP contribution >= 0.6 is 0 Å². The number of hydrogen-bond acceptors (Lipinski definition) is 5. The fraction of sp³-hybridized carbons (Fsp3) is 0.143. The Morgan fingerprint density at radius 3 is 2.30 bits per heavy atom. The molecule has 6 nitrogen and oxygen atoms in total. The van der Waals surface area contributed by atoms with Crippen molar-refractivity contribution < 1.29 is 14.8 Å². The number of phenolic OH excluding ortho intramolecular Hbond substituents is 1. The van der Waals surface area contributed by atoms with E-state index < -0.39 is 4.92 Å². The van der Waals surface area contributed by atoms with Crippen LogP contribution in [0.3, 0.4) is 0 Å². The van der Waals surface area contributed by atoms with E-state index in [-0.39, 0.29) is 17.5 Å². The summed E-state index contributed by atoms with van der Waals surface area (Å²) in [6.07, 6.45) is 0.566. The Balaban J connectivity index is 1.73. The number of phenols is 1. The molecule has 138 valence electrons. The molecule has 0 fully saturated rings. The van der Waals surface area contributed by atoms with Gasteiger partial charge in [-0.15, -0.1) is 0 Å². The molecule has 1 unspecified atom stereocenters. The molecule has 3 rings (SSSR count). The maximum atomic E-state index is 11.0. The summed E-state index contributed by atoms with van der Waals surface area (Å²) in [6.45, 7) is 0.390. The van der Waals surface area contributed by atoms with Gasteiger partial charge in [-0.25, -0.2) is 0 Å². The monoisotopic (exact) mass is 364 g/mol. The van der Waals surface area contributed by atoms with E-state index in [1.807, 2.05) is 54.6 Å². The second-order valence-electron chi connectivity index (χ2n) is 6.15. The standard InChI is InChI=1S/C21H20N2O4/c22-14-19(12-15-4-2-1-3-5-15)27-18-9-6-16(7-10-18)17-8-11-21(24)20(13-17)23(25)26/h1-11,13,19,24H,12,14,22H2. The Morgan fingerprint density at radius 1 is 1.00 bits per heavy atom. The minimum Gasteiger partial charge on any atom is -0.502 e. The summed E-state index contributed by atoms with van der Waals surface area (Å²) in [4.78, 5) is 10.4. The van der Waals surface area contributed by atoms with E-state index in [0.29, 0.717) is 24.3 Å². The lowest BCUT2D eigenvalue weighted by Crippen LogP contribution is -2.28. The van der Waals surface area contributed by atoms with Gasteiger partial charge in [0.25, 0.3) is 0 Å². The fourth-order valence-electron chi connectivity index (χ4n) is 2.82. The molecule has 0 radical (unpaired) electrons. The van der Waals surface area contributed by atoms with Crippen molar-refractivity contribution in [2.24, 2.45) is 5.73 Å². The zero-order valence-corrected chi connectivity index (χ0v) is 14.6. The van der Waals surface area contributed by atoms with Gasteiger partial charge in [-0.3, -0.25) is 10.1 Å². The Morgan fingerprint density at radius 2 is 1.67 bits per heavy atom. The van der Waals surface area contributed by atoms with Crippen LogP contribution in [-0.4, -0.2) is 22.7 Å². The van der Waals surface area contributed by atoms with Crippen LogP contribution < -0.4 is 10.5 Å². The fourth-order valence-corrected chi connectivity index (χ4v) is 2.82. The van der Waals surface area contributed by atoms with Crippen LogP contribution in [0.15, 0.2) is 72.8 Å². The topological polar surface area (TPSA) is 98.6 Å². The number of nitrogens with two attached hydrogens (primary N) is 1. The Kier molecular flexibility index (Phi) is 5.68. The Hall–Kier alpha value is -3.38. The average Bonchev–Trinajstić information content (AvgIpc) is 2.69.